The first-order valence-corrected chi connectivity index (χ1v) is 8.47. The highest BCUT2D eigenvalue weighted by molar-refractivity contribution is 5.65. The Labute approximate surface area is 161 Å². The average Bonchev–Trinajstić information content (AvgIpc) is 3.23. The highest BCUT2D eigenvalue weighted by Gasteiger charge is 2.28. The number of pyridine rings is 1. The molecule has 11 heteroatoms. The van der Waals surface area contributed by atoms with Gasteiger partial charge in [0.25, 0.3) is 0 Å². The lowest BCUT2D eigenvalue weighted by Gasteiger charge is -2.09. The van der Waals surface area contributed by atoms with E-state index in [0.717, 1.165) is 0 Å². The van der Waals surface area contributed by atoms with Gasteiger partial charge in [-0.05, 0) is 42.3 Å². The Balaban J connectivity index is 1.58. The van der Waals surface area contributed by atoms with Crippen molar-refractivity contribution in [2.45, 2.75) is 19.6 Å². The van der Waals surface area contributed by atoms with Crippen LogP contribution in [0.5, 0.6) is 5.75 Å². The van der Waals surface area contributed by atoms with Crippen LogP contribution in [0.25, 0.3) is 16.8 Å². The van der Waals surface area contributed by atoms with Crippen LogP contribution < -0.4 is 10.4 Å². The number of fused-ring (bicyclic) bond motifs is 1. The summed E-state index contributed by atoms with van der Waals surface area (Å²) in [6, 6.07) is 9.53. The first-order chi connectivity index (χ1) is 13.8. The number of ether oxygens (including phenoxy) is 1. The molecule has 4 aromatic rings. The van der Waals surface area contributed by atoms with Crippen LogP contribution in [-0.4, -0.2) is 37.1 Å². The standard InChI is InChI=1S/C18H14F3N5O3/c1-11-22-16(29-24-11)9-26-17(27)25-8-13(4-7-15(25)23-26)12-2-5-14(6-3-12)28-10-18(19,20)21/h2-8H,9-10H2,1H3. The van der Waals surface area contributed by atoms with E-state index in [2.05, 4.69) is 15.2 Å². The molecule has 3 aromatic heterocycles. The van der Waals surface area contributed by atoms with Crippen molar-refractivity contribution in [3.05, 3.63) is 64.8 Å². The molecule has 0 N–H and O–H groups in total. The minimum atomic E-state index is -4.40. The van der Waals surface area contributed by atoms with E-state index in [1.165, 1.54) is 21.2 Å². The van der Waals surface area contributed by atoms with Crippen molar-refractivity contribution in [3.63, 3.8) is 0 Å². The highest BCUT2D eigenvalue weighted by atomic mass is 19.4. The summed E-state index contributed by atoms with van der Waals surface area (Å²) in [6.07, 6.45) is -2.79. The molecule has 0 aliphatic rings. The molecule has 0 spiro atoms. The number of hydrogen-bond donors (Lipinski definition) is 0. The lowest BCUT2D eigenvalue weighted by atomic mass is 10.1. The molecule has 0 radical (unpaired) electrons. The molecule has 29 heavy (non-hydrogen) atoms. The average molecular weight is 405 g/mol. The molecule has 0 saturated heterocycles. The lowest BCUT2D eigenvalue weighted by Crippen LogP contribution is -2.21. The zero-order valence-corrected chi connectivity index (χ0v) is 15.1. The Morgan fingerprint density at radius 3 is 2.48 bits per heavy atom. The molecule has 0 aliphatic heterocycles. The second kappa shape index (κ2) is 7.08. The molecular weight excluding hydrogens is 391 g/mol. The van der Waals surface area contributed by atoms with Crippen LogP contribution in [-0.2, 0) is 6.54 Å². The van der Waals surface area contributed by atoms with Gasteiger partial charge in [0.15, 0.2) is 18.1 Å². The van der Waals surface area contributed by atoms with Crippen LogP contribution in [0, 0.1) is 6.92 Å². The van der Waals surface area contributed by atoms with Gasteiger partial charge in [-0.2, -0.15) is 18.2 Å². The van der Waals surface area contributed by atoms with Crippen molar-refractivity contribution >= 4 is 5.65 Å². The van der Waals surface area contributed by atoms with Gasteiger partial charge in [-0.1, -0.05) is 17.3 Å². The molecule has 4 rings (SSSR count). The smallest absolute Gasteiger partial charge is 0.422 e. The van der Waals surface area contributed by atoms with E-state index in [-0.39, 0.29) is 23.9 Å². The van der Waals surface area contributed by atoms with Crippen molar-refractivity contribution in [3.8, 4) is 16.9 Å². The summed E-state index contributed by atoms with van der Waals surface area (Å²) in [5, 5.41) is 7.90. The van der Waals surface area contributed by atoms with E-state index < -0.39 is 12.8 Å². The van der Waals surface area contributed by atoms with Gasteiger partial charge in [0.05, 0.1) is 0 Å². The largest absolute Gasteiger partial charge is 0.484 e. The van der Waals surface area contributed by atoms with Crippen LogP contribution >= 0.6 is 0 Å². The maximum absolute atomic E-state index is 12.6. The van der Waals surface area contributed by atoms with Gasteiger partial charge in [0.1, 0.15) is 12.3 Å². The summed E-state index contributed by atoms with van der Waals surface area (Å²) in [5.74, 6) is 0.830. The maximum Gasteiger partial charge on any atom is 0.422 e. The Hall–Kier alpha value is -3.63. The summed E-state index contributed by atoms with van der Waals surface area (Å²) in [6.45, 7) is 0.361. The molecule has 0 fully saturated rings. The summed E-state index contributed by atoms with van der Waals surface area (Å²) in [5.41, 5.74) is 1.44. The van der Waals surface area contributed by atoms with E-state index in [9.17, 15) is 18.0 Å². The van der Waals surface area contributed by atoms with Crippen LogP contribution in [0.4, 0.5) is 13.2 Å². The van der Waals surface area contributed by atoms with Crippen molar-refractivity contribution in [2.24, 2.45) is 0 Å². The van der Waals surface area contributed by atoms with Crippen molar-refractivity contribution in [1.82, 2.24) is 24.3 Å². The zero-order chi connectivity index (χ0) is 20.6. The number of aryl methyl sites for hydroxylation is 1. The molecule has 0 unspecified atom stereocenters. The Morgan fingerprint density at radius 1 is 1.10 bits per heavy atom. The van der Waals surface area contributed by atoms with Gasteiger partial charge >= 0.3 is 11.9 Å². The zero-order valence-electron chi connectivity index (χ0n) is 15.1. The quantitative estimate of drug-likeness (QED) is 0.508. The molecule has 0 bridgehead atoms. The predicted octanol–water partition coefficient (Wildman–Crippen LogP) is 2.84. The highest BCUT2D eigenvalue weighted by Crippen LogP contribution is 2.24. The summed E-state index contributed by atoms with van der Waals surface area (Å²) < 4.78 is 49.0. The first-order valence-electron chi connectivity index (χ1n) is 8.47. The van der Waals surface area contributed by atoms with Crippen LogP contribution in [0.3, 0.4) is 0 Å². The summed E-state index contributed by atoms with van der Waals surface area (Å²) in [4.78, 5) is 16.7. The van der Waals surface area contributed by atoms with Crippen LogP contribution in [0.15, 0.2) is 51.9 Å². The Kier molecular flexibility index (Phi) is 4.57. The van der Waals surface area contributed by atoms with E-state index in [0.29, 0.717) is 22.6 Å². The molecule has 150 valence electrons. The van der Waals surface area contributed by atoms with Gasteiger partial charge in [0, 0.05) is 6.20 Å². The Bertz CT molecular complexity index is 1210. The molecule has 0 aliphatic carbocycles. The fourth-order valence-electron chi connectivity index (χ4n) is 2.73. The van der Waals surface area contributed by atoms with Gasteiger partial charge in [-0.15, -0.1) is 5.10 Å². The number of rotatable bonds is 5. The summed E-state index contributed by atoms with van der Waals surface area (Å²) in [7, 11) is 0. The first kappa shape index (κ1) is 18.7. The minimum absolute atomic E-state index is 0.0436. The second-order valence-corrected chi connectivity index (χ2v) is 6.25. The normalized spacial score (nSPS) is 11.9. The van der Waals surface area contributed by atoms with Crippen molar-refractivity contribution in [1.29, 1.82) is 0 Å². The molecular formula is C18H14F3N5O3. The predicted molar refractivity (Wildman–Crippen MR) is 94.6 cm³/mol. The number of alkyl halides is 3. The van der Waals surface area contributed by atoms with Gasteiger partial charge < -0.3 is 9.26 Å². The van der Waals surface area contributed by atoms with E-state index in [1.807, 2.05) is 0 Å². The lowest BCUT2D eigenvalue weighted by molar-refractivity contribution is -0.153. The number of hydrogen-bond acceptors (Lipinski definition) is 6. The Morgan fingerprint density at radius 2 is 1.83 bits per heavy atom. The third-order valence-electron chi connectivity index (χ3n) is 4.02. The molecule has 0 saturated carbocycles. The number of aromatic nitrogens is 5. The maximum atomic E-state index is 12.6. The molecule has 1 aromatic carbocycles. The topological polar surface area (TPSA) is 87.5 Å². The van der Waals surface area contributed by atoms with Gasteiger partial charge in [0.2, 0.25) is 5.89 Å². The summed E-state index contributed by atoms with van der Waals surface area (Å²) >= 11 is 0. The van der Waals surface area contributed by atoms with E-state index in [1.54, 1.807) is 37.4 Å². The SMILES string of the molecule is Cc1noc(Cn2nc3ccc(-c4ccc(OCC(F)(F)F)cc4)cn3c2=O)n1. The number of nitrogens with zero attached hydrogens (tertiary/aromatic N) is 5. The third kappa shape index (κ3) is 4.13. The molecule has 0 atom stereocenters. The van der Waals surface area contributed by atoms with Gasteiger partial charge in [-0.25, -0.2) is 13.9 Å². The minimum Gasteiger partial charge on any atom is -0.484 e. The fraction of sp³-hybridized carbons (Fsp3) is 0.222. The molecule has 3 heterocycles. The van der Waals surface area contributed by atoms with Crippen LogP contribution in [0.2, 0.25) is 0 Å². The fourth-order valence-corrected chi connectivity index (χ4v) is 2.73. The van der Waals surface area contributed by atoms with E-state index >= 15 is 0 Å². The monoisotopic (exact) mass is 405 g/mol. The third-order valence-corrected chi connectivity index (χ3v) is 4.02. The van der Waals surface area contributed by atoms with Gasteiger partial charge in [-0.3, -0.25) is 0 Å². The molecule has 8 nitrogen and oxygen atoms in total. The van der Waals surface area contributed by atoms with Crippen molar-refractivity contribution < 1.29 is 22.4 Å². The van der Waals surface area contributed by atoms with E-state index in [4.69, 9.17) is 9.26 Å². The second-order valence-electron chi connectivity index (χ2n) is 6.25. The molecule has 0 amide bonds. The van der Waals surface area contributed by atoms with Crippen molar-refractivity contribution in [2.75, 3.05) is 6.61 Å². The van der Waals surface area contributed by atoms with Crippen LogP contribution in [0.1, 0.15) is 11.7 Å². The number of halogens is 3. The number of benzene rings is 1.